The van der Waals surface area contributed by atoms with Gasteiger partial charge in [-0.3, -0.25) is 14.6 Å². The fourth-order valence-electron chi connectivity index (χ4n) is 8.16. The van der Waals surface area contributed by atoms with E-state index >= 15 is 0 Å². The number of carbonyl (C=O) groups is 2. The number of likely N-dealkylation sites (N-methyl/N-ethyl adjacent to an activating group) is 1. The monoisotopic (exact) mass is 435 g/mol. The van der Waals surface area contributed by atoms with Crippen LogP contribution in [-0.4, -0.2) is 34.8 Å². The van der Waals surface area contributed by atoms with Crippen LogP contribution in [0.4, 0.5) is 5.69 Å². The number of nitrogens with one attached hydrogen (secondary N) is 1. The van der Waals surface area contributed by atoms with Gasteiger partial charge in [-0.05, 0) is 92.7 Å². The number of carbonyl (C=O) groups excluding carboxylic acids is 2. The molecule has 5 rings (SSSR count). The van der Waals surface area contributed by atoms with Gasteiger partial charge in [-0.15, -0.1) is 0 Å². The van der Waals surface area contributed by atoms with Crippen LogP contribution >= 0.6 is 0 Å². The topological polar surface area (TPSA) is 62.3 Å². The fourth-order valence-corrected chi connectivity index (χ4v) is 8.16. The maximum absolute atomic E-state index is 12.9. The van der Waals surface area contributed by atoms with Crippen LogP contribution < -0.4 is 5.32 Å². The summed E-state index contributed by atoms with van der Waals surface area (Å²) in [5, 5.41) is 3.07. The molecule has 7 atom stereocenters. The number of anilines is 1. The van der Waals surface area contributed by atoms with Crippen LogP contribution in [0.25, 0.3) is 0 Å². The average Bonchev–Trinajstić information content (AvgIpc) is 3.09. The Kier molecular flexibility index (Phi) is 5.22. The predicted molar refractivity (Wildman–Crippen MR) is 126 cm³/mol. The van der Waals surface area contributed by atoms with E-state index in [2.05, 4.69) is 30.2 Å². The molecular formula is C27H37N3O2. The van der Waals surface area contributed by atoms with Gasteiger partial charge in [0.2, 0.25) is 11.8 Å². The molecule has 1 unspecified atom stereocenters. The van der Waals surface area contributed by atoms with Crippen molar-refractivity contribution < 1.29 is 9.59 Å². The fraction of sp³-hybridized carbons (Fsp3) is 0.667. The molecule has 5 heteroatoms. The van der Waals surface area contributed by atoms with Crippen molar-refractivity contribution in [2.75, 3.05) is 12.4 Å². The lowest BCUT2D eigenvalue weighted by atomic mass is 9.47. The van der Waals surface area contributed by atoms with Crippen molar-refractivity contribution in [1.29, 1.82) is 0 Å². The molecule has 4 aliphatic rings. The van der Waals surface area contributed by atoms with Crippen molar-refractivity contribution in [3.63, 3.8) is 0 Å². The second-order valence-electron chi connectivity index (χ2n) is 11.4. The molecule has 0 spiro atoms. The predicted octanol–water partition coefficient (Wildman–Crippen LogP) is 4.97. The number of pyridine rings is 1. The van der Waals surface area contributed by atoms with Gasteiger partial charge in [0.05, 0.1) is 11.9 Å². The normalized spacial score (nSPS) is 40.4. The molecule has 5 nitrogen and oxygen atoms in total. The van der Waals surface area contributed by atoms with Gasteiger partial charge in [0.15, 0.2) is 0 Å². The lowest BCUT2D eigenvalue weighted by molar-refractivity contribution is -0.139. The second kappa shape index (κ2) is 7.71. The van der Waals surface area contributed by atoms with Gasteiger partial charge < -0.3 is 10.2 Å². The van der Waals surface area contributed by atoms with E-state index in [0.717, 1.165) is 24.2 Å². The Bertz CT molecular complexity index is 941. The zero-order valence-electron chi connectivity index (χ0n) is 19.9. The maximum atomic E-state index is 12.9. The summed E-state index contributed by atoms with van der Waals surface area (Å²) in [5.74, 6) is 2.75. The number of amides is 2. The quantitative estimate of drug-likeness (QED) is 0.729. The summed E-state index contributed by atoms with van der Waals surface area (Å²) >= 11 is 0. The third-order valence-corrected chi connectivity index (χ3v) is 9.95. The lowest BCUT2D eigenvalue weighted by Gasteiger charge is -2.60. The van der Waals surface area contributed by atoms with Crippen molar-refractivity contribution in [2.24, 2.45) is 34.5 Å². The Morgan fingerprint density at radius 2 is 1.97 bits per heavy atom. The number of aryl methyl sites for hydroxylation is 1. The molecule has 0 aromatic carbocycles. The number of aromatic nitrogens is 1. The molecule has 2 amide bonds. The van der Waals surface area contributed by atoms with Gasteiger partial charge in [0.1, 0.15) is 0 Å². The SMILES string of the molecule is Cc1ccc(NC(=O)C[C@H]2CC[C@H]3[C@@H]4CCC5N(C)C(=O)C=C[C@]5(C)[C@H]4CC[C@]23C)cn1. The number of fused-ring (bicyclic) bond motifs is 5. The summed E-state index contributed by atoms with van der Waals surface area (Å²) < 4.78 is 0. The molecule has 1 N–H and O–H groups in total. The van der Waals surface area contributed by atoms with E-state index < -0.39 is 0 Å². The van der Waals surface area contributed by atoms with Crippen LogP contribution in [0.1, 0.15) is 64.5 Å². The van der Waals surface area contributed by atoms with Crippen molar-refractivity contribution in [3.8, 4) is 0 Å². The first-order valence-corrected chi connectivity index (χ1v) is 12.4. The molecule has 2 heterocycles. The van der Waals surface area contributed by atoms with Gasteiger partial charge in [-0.1, -0.05) is 19.9 Å². The second-order valence-corrected chi connectivity index (χ2v) is 11.4. The minimum atomic E-state index is 0.0841. The summed E-state index contributed by atoms with van der Waals surface area (Å²) in [5.41, 5.74) is 2.07. The number of hydrogen-bond acceptors (Lipinski definition) is 3. The molecule has 0 saturated heterocycles. The first-order valence-electron chi connectivity index (χ1n) is 12.4. The summed E-state index contributed by atoms with van der Waals surface area (Å²) in [4.78, 5) is 31.4. The van der Waals surface area contributed by atoms with E-state index in [1.165, 1.54) is 25.7 Å². The van der Waals surface area contributed by atoms with E-state index in [-0.39, 0.29) is 22.6 Å². The Morgan fingerprint density at radius 1 is 1.16 bits per heavy atom. The molecule has 1 aromatic heterocycles. The summed E-state index contributed by atoms with van der Waals surface area (Å²) in [7, 11) is 1.98. The van der Waals surface area contributed by atoms with Crippen molar-refractivity contribution in [1.82, 2.24) is 9.88 Å². The van der Waals surface area contributed by atoms with E-state index in [1.54, 1.807) is 6.20 Å². The molecular weight excluding hydrogens is 398 g/mol. The third-order valence-electron chi connectivity index (χ3n) is 9.95. The molecule has 3 fully saturated rings. The van der Waals surface area contributed by atoms with Crippen LogP contribution in [0.2, 0.25) is 0 Å². The first kappa shape index (κ1) is 21.7. The standard InChI is InChI=1S/C27H37N3O2/c1-17-5-7-19(16-28-17)29-24(31)15-18-6-9-21-20-8-10-23-27(3,14-12-25(32)30(23)4)22(20)11-13-26(18,21)2/h5,7,12,14,16,18,20-23H,6,8-11,13,15H2,1-4H3,(H,29,31)/t18-,20+,21+,22+,23?,26-,27-/m1/s1. The zero-order valence-corrected chi connectivity index (χ0v) is 19.9. The van der Waals surface area contributed by atoms with Gasteiger partial charge in [0, 0.05) is 30.6 Å². The smallest absolute Gasteiger partial charge is 0.246 e. The van der Waals surface area contributed by atoms with Gasteiger partial charge in [-0.2, -0.15) is 0 Å². The van der Waals surface area contributed by atoms with E-state index in [9.17, 15) is 9.59 Å². The van der Waals surface area contributed by atoms with Gasteiger partial charge in [0.25, 0.3) is 0 Å². The Balaban J connectivity index is 1.31. The van der Waals surface area contributed by atoms with Crippen molar-refractivity contribution >= 4 is 17.5 Å². The lowest BCUT2D eigenvalue weighted by Crippen LogP contribution is -2.59. The highest BCUT2D eigenvalue weighted by atomic mass is 16.2. The Labute approximate surface area is 192 Å². The van der Waals surface area contributed by atoms with Crippen LogP contribution in [0.3, 0.4) is 0 Å². The Hall–Kier alpha value is -2.17. The molecule has 3 aliphatic carbocycles. The van der Waals surface area contributed by atoms with Crippen LogP contribution in [-0.2, 0) is 9.59 Å². The third kappa shape index (κ3) is 3.31. The largest absolute Gasteiger partial charge is 0.338 e. The van der Waals surface area contributed by atoms with E-state index in [1.807, 2.05) is 37.1 Å². The van der Waals surface area contributed by atoms with Crippen molar-refractivity contribution in [3.05, 3.63) is 36.2 Å². The molecule has 172 valence electrons. The zero-order chi connectivity index (χ0) is 22.7. The van der Waals surface area contributed by atoms with Crippen LogP contribution in [0, 0.1) is 41.4 Å². The number of rotatable bonds is 3. The van der Waals surface area contributed by atoms with E-state index in [4.69, 9.17) is 0 Å². The molecule has 32 heavy (non-hydrogen) atoms. The minimum absolute atomic E-state index is 0.0841. The summed E-state index contributed by atoms with van der Waals surface area (Å²) in [6.45, 7) is 6.81. The average molecular weight is 436 g/mol. The number of hydrogen-bond donors (Lipinski definition) is 1. The van der Waals surface area contributed by atoms with E-state index in [0.29, 0.717) is 36.1 Å². The van der Waals surface area contributed by atoms with Crippen LogP contribution in [0.5, 0.6) is 0 Å². The molecule has 0 bridgehead atoms. The molecule has 1 aliphatic heterocycles. The highest BCUT2D eigenvalue weighted by Crippen LogP contribution is 2.65. The first-order chi connectivity index (χ1) is 15.2. The van der Waals surface area contributed by atoms with Gasteiger partial charge in [-0.25, -0.2) is 0 Å². The number of nitrogens with zero attached hydrogens (tertiary/aromatic N) is 2. The van der Waals surface area contributed by atoms with Gasteiger partial charge >= 0.3 is 0 Å². The highest BCUT2D eigenvalue weighted by molar-refractivity contribution is 5.90. The van der Waals surface area contributed by atoms with Crippen molar-refractivity contribution in [2.45, 2.75) is 71.8 Å². The molecule has 0 radical (unpaired) electrons. The highest BCUT2D eigenvalue weighted by Gasteiger charge is 2.60. The maximum Gasteiger partial charge on any atom is 0.246 e. The summed E-state index contributed by atoms with van der Waals surface area (Å²) in [6, 6.07) is 4.20. The molecule has 3 saturated carbocycles. The summed E-state index contributed by atoms with van der Waals surface area (Å²) in [6.07, 6.45) is 13.5. The molecule has 1 aromatic rings. The Morgan fingerprint density at radius 3 is 2.72 bits per heavy atom. The van der Waals surface area contributed by atoms with Crippen LogP contribution in [0.15, 0.2) is 30.5 Å². The minimum Gasteiger partial charge on any atom is -0.338 e.